The number of nitrogens with zero attached hydrogens (tertiary/aromatic N) is 1. The maximum Gasteiger partial charge on any atom is 0.258 e. The molecule has 1 aliphatic heterocycles. The summed E-state index contributed by atoms with van der Waals surface area (Å²) in [5, 5.41) is 1.89. The first kappa shape index (κ1) is 18.8. The van der Waals surface area contributed by atoms with Crippen molar-refractivity contribution in [2.45, 2.75) is 12.5 Å². The van der Waals surface area contributed by atoms with E-state index in [4.69, 9.17) is 16.3 Å². The zero-order chi connectivity index (χ0) is 20.7. The number of aromatic amines is 1. The summed E-state index contributed by atoms with van der Waals surface area (Å²) in [6, 6.07) is 23.2. The molecule has 1 amide bonds. The number of para-hydroxylation sites is 2. The van der Waals surface area contributed by atoms with E-state index in [0.29, 0.717) is 22.9 Å². The summed E-state index contributed by atoms with van der Waals surface area (Å²) in [7, 11) is 1.59. The Hall–Kier alpha value is -3.24. The Balaban J connectivity index is 1.67. The third-order valence-electron chi connectivity index (χ3n) is 5.82. The van der Waals surface area contributed by atoms with E-state index < -0.39 is 0 Å². The van der Waals surface area contributed by atoms with Crippen molar-refractivity contribution in [3.05, 3.63) is 100 Å². The van der Waals surface area contributed by atoms with Crippen molar-refractivity contribution in [2.24, 2.45) is 0 Å². The maximum atomic E-state index is 13.7. The van der Waals surface area contributed by atoms with Crippen LogP contribution in [-0.4, -0.2) is 29.4 Å². The van der Waals surface area contributed by atoms with Crippen LogP contribution in [-0.2, 0) is 6.42 Å². The highest BCUT2D eigenvalue weighted by molar-refractivity contribution is 6.30. The average molecular weight is 417 g/mol. The van der Waals surface area contributed by atoms with Crippen LogP contribution in [0.3, 0.4) is 0 Å². The number of ether oxygens (including phenoxy) is 1. The lowest BCUT2D eigenvalue weighted by atomic mass is 9.91. The molecule has 0 saturated heterocycles. The van der Waals surface area contributed by atoms with Gasteiger partial charge in [0, 0.05) is 28.2 Å². The molecule has 2 heterocycles. The van der Waals surface area contributed by atoms with Crippen molar-refractivity contribution in [1.82, 2.24) is 9.88 Å². The van der Waals surface area contributed by atoms with Gasteiger partial charge in [0.25, 0.3) is 5.91 Å². The average Bonchev–Trinajstić information content (AvgIpc) is 3.17. The molecule has 1 aliphatic rings. The zero-order valence-electron chi connectivity index (χ0n) is 16.6. The van der Waals surface area contributed by atoms with Gasteiger partial charge in [-0.2, -0.15) is 0 Å². The summed E-state index contributed by atoms with van der Waals surface area (Å²) in [5.74, 6) is 0.538. The normalized spacial score (nSPS) is 15.8. The highest BCUT2D eigenvalue weighted by Crippen LogP contribution is 2.40. The van der Waals surface area contributed by atoms with Crippen LogP contribution >= 0.6 is 11.6 Å². The smallest absolute Gasteiger partial charge is 0.258 e. The van der Waals surface area contributed by atoms with Crippen molar-refractivity contribution in [1.29, 1.82) is 0 Å². The number of halogens is 1. The third kappa shape index (κ3) is 3.04. The first-order valence-electron chi connectivity index (χ1n) is 9.96. The molecular weight excluding hydrogens is 396 g/mol. The summed E-state index contributed by atoms with van der Waals surface area (Å²) >= 11 is 6.14. The fourth-order valence-electron chi connectivity index (χ4n) is 4.43. The van der Waals surface area contributed by atoms with Gasteiger partial charge in [0.05, 0.1) is 18.7 Å². The number of nitrogens with one attached hydrogen (secondary N) is 1. The third-order valence-corrected chi connectivity index (χ3v) is 6.07. The predicted octanol–water partition coefficient (Wildman–Crippen LogP) is 5.62. The van der Waals surface area contributed by atoms with Crippen molar-refractivity contribution in [3.8, 4) is 5.75 Å². The molecule has 1 aromatic heterocycles. The van der Waals surface area contributed by atoms with E-state index in [9.17, 15) is 4.79 Å². The van der Waals surface area contributed by atoms with Gasteiger partial charge in [-0.25, -0.2) is 0 Å². The molecule has 1 N–H and O–H groups in total. The number of carbonyl (C=O) groups is 1. The number of aromatic nitrogens is 1. The molecular formula is C25H21ClN2O2. The summed E-state index contributed by atoms with van der Waals surface area (Å²) in [5.41, 5.74) is 5.02. The second-order valence-corrected chi connectivity index (χ2v) is 7.90. The first-order valence-corrected chi connectivity index (χ1v) is 10.3. The van der Waals surface area contributed by atoms with Crippen LogP contribution in [0, 0.1) is 0 Å². The molecule has 0 aliphatic carbocycles. The Morgan fingerprint density at radius 2 is 1.77 bits per heavy atom. The minimum Gasteiger partial charge on any atom is -0.496 e. The number of hydrogen-bond donors (Lipinski definition) is 1. The summed E-state index contributed by atoms with van der Waals surface area (Å²) < 4.78 is 5.46. The summed E-state index contributed by atoms with van der Waals surface area (Å²) in [6.45, 7) is 0.624. The highest BCUT2D eigenvalue weighted by Gasteiger charge is 2.35. The second kappa shape index (κ2) is 7.54. The molecule has 3 aromatic carbocycles. The molecule has 0 bridgehead atoms. The van der Waals surface area contributed by atoms with Gasteiger partial charge in [0.15, 0.2) is 0 Å². The Labute approximate surface area is 180 Å². The van der Waals surface area contributed by atoms with Gasteiger partial charge in [-0.1, -0.05) is 54.1 Å². The molecule has 0 radical (unpaired) electrons. The predicted molar refractivity (Wildman–Crippen MR) is 119 cm³/mol. The fraction of sp³-hybridized carbons (Fsp3) is 0.160. The fourth-order valence-corrected chi connectivity index (χ4v) is 4.55. The summed E-state index contributed by atoms with van der Waals surface area (Å²) in [6.07, 6.45) is 0.796. The van der Waals surface area contributed by atoms with Gasteiger partial charge in [-0.15, -0.1) is 0 Å². The molecule has 0 spiro atoms. The van der Waals surface area contributed by atoms with Crippen molar-refractivity contribution in [3.63, 3.8) is 0 Å². The van der Waals surface area contributed by atoms with Crippen LogP contribution in [0.2, 0.25) is 5.02 Å². The van der Waals surface area contributed by atoms with Crippen LogP contribution in [0.25, 0.3) is 10.9 Å². The van der Waals surface area contributed by atoms with Gasteiger partial charge in [-0.3, -0.25) is 4.79 Å². The Bertz CT molecular complexity index is 1230. The highest BCUT2D eigenvalue weighted by atomic mass is 35.5. The minimum atomic E-state index is -0.226. The molecule has 30 heavy (non-hydrogen) atoms. The van der Waals surface area contributed by atoms with Gasteiger partial charge < -0.3 is 14.6 Å². The monoisotopic (exact) mass is 416 g/mol. The lowest BCUT2D eigenvalue weighted by molar-refractivity contribution is 0.0688. The molecule has 4 nitrogen and oxygen atoms in total. The Morgan fingerprint density at radius 1 is 1.03 bits per heavy atom. The molecule has 150 valence electrons. The number of H-pyrrole nitrogens is 1. The van der Waals surface area contributed by atoms with Gasteiger partial charge in [-0.05, 0) is 47.9 Å². The number of benzene rings is 3. The minimum absolute atomic E-state index is 0.0447. The van der Waals surface area contributed by atoms with E-state index in [-0.39, 0.29) is 11.9 Å². The lowest BCUT2D eigenvalue weighted by Gasteiger charge is -2.36. The Morgan fingerprint density at radius 3 is 2.57 bits per heavy atom. The second-order valence-electron chi connectivity index (χ2n) is 7.47. The van der Waals surface area contributed by atoms with E-state index in [1.54, 1.807) is 7.11 Å². The van der Waals surface area contributed by atoms with Gasteiger partial charge in [0.1, 0.15) is 5.75 Å². The van der Waals surface area contributed by atoms with Crippen LogP contribution in [0.5, 0.6) is 5.75 Å². The molecule has 5 heteroatoms. The molecule has 0 unspecified atom stereocenters. The van der Waals surface area contributed by atoms with E-state index in [2.05, 4.69) is 23.2 Å². The van der Waals surface area contributed by atoms with Crippen molar-refractivity contribution >= 4 is 28.4 Å². The number of carbonyl (C=O) groups excluding carboxylic acids is 1. The Kier molecular flexibility index (Phi) is 4.72. The van der Waals surface area contributed by atoms with Crippen molar-refractivity contribution in [2.75, 3.05) is 13.7 Å². The SMILES string of the molecule is COc1ccccc1C(=O)N1CCc2c([nH]c3ccccc23)[C@@H]1c1ccc(Cl)cc1. The molecule has 0 saturated carbocycles. The molecule has 5 rings (SSSR count). The van der Waals surface area contributed by atoms with E-state index in [0.717, 1.165) is 23.2 Å². The first-order chi connectivity index (χ1) is 14.7. The molecule has 1 atom stereocenters. The number of hydrogen-bond acceptors (Lipinski definition) is 2. The number of fused-ring (bicyclic) bond motifs is 3. The lowest BCUT2D eigenvalue weighted by Crippen LogP contribution is -2.40. The van der Waals surface area contributed by atoms with E-state index >= 15 is 0 Å². The van der Waals surface area contributed by atoms with Crippen LogP contribution in [0.15, 0.2) is 72.8 Å². The summed E-state index contributed by atoms with van der Waals surface area (Å²) in [4.78, 5) is 19.2. The largest absolute Gasteiger partial charge is 0.496 e. The molecule has 4 aromatic rings. The van der Waals surface area contributed by atoms with Gasteiger partial charge >= 0.3 is 0 Å². The van der Waals surface area contributed by atoms with Gasteiger partial charge in [0.2, 0.25) is 0 Å². The van der Waals surface area contributed by atoms with Crippen LogP contribution in [0.4, 0.5) is 0 Å². The maximum absolute atomic E-state index is 13.7. The number of rotatable bonds is 3. The number of methoxy groups -OCH3 is 1. The van der Waals surface area contributed by atoms with Crippen LogP contribution < -0.4 is 4.74 Å². The standard InChI is InChI=1S/C25H21ClN2O2/c1-30-22-9-5-3-7-20(22)25(29)28-15-14-19-18-6-2-4-8-21(18)27-23(19)24(28)16-10-12-17(26)13-11-16/h2-13,24,27H,14-15H2,1H3/t24-/m0/s1. The van der Waals surface area contributed by atoms with Crippen LogP contribution in [0.1, 0.15) is 33.2 Å². The zero-order valence-corrected chi connectivity index (χ0v) is 17.3. The topological polar surface area (TPSA) is 45.3 Å². The quantitative estimate of drug-likeness (QED) is 0.471. The molecule has 0 fully saturated rings. The number of amides is 1. The van der Waals surface area contributed by atoms with E-state index in [1.807, 2.05) is 59.5 Å². The van der Waals surface area contributed by atoms with Crippen molar-refractivity contribution < 1.29 is 9.53 Å². The van der Waals surface area contributed by atoms with E-state index in [1.165, 1.54) is 10.9 Å².